The number of nitrogens with two attached hydrogens (primary N) is 1. The third-order valence-corrected chi connectivity index (χ3v) is 8.34. The quantitative estimate of drug-likeness (QED) is 0.130. The van der Waals surface area contributed by atoms with E-state index in [0.29, 0.717) is 43.8 Å². The smallest absolute Gasteiger partial charge is 0.355 e. The van der Waals surface area contributed by atoms with Gasteiger partial charge in [0.2, 0.25) is 5.88 Å². The largest absolute Gasteiger partial charge is 0.493 e. The van der Waals surface area contributed by atoms with Crippen LogP contribution in [0.3, 0.4) is 0 Å². The van der Waals surface area contributed by atoms with Crippen molar-refractivity contribution in [3.63, 3.8) is 0 Å². The van der Waals surface area contributed by atoms with E-state index in [1.807, 2.05) is 24.3 Å². The van der Waals surface area contributed by atoms with E-state index in [0.717, 1.165) is 29.7 Å². The number of rotatable bonds is 7. The van der Waals surface area contributed by atoms with Crippen molar-refractivity contribution in [2.75, 3.05) is 6.61 Å². The number of carbonyl (C=O) groups is 1. The van der Waals surface area contributed by atoms with Gasteiger partial charge in [-0.1, -0.05) is 72.4 Å². The average molecular weight is 600 g/mol. The third-order valence-electron chi connectivity index (χ3n) is 6.22. The molecule has 2 N–H and O–H groups in total. The molecule has 0 saturated heterocycles. The Balaban J connectivity index is 1.49. The molecule has 2 heterocycles. The van der Waals surface area contributed by atoms with E-state index in [-0.39, 0.29) is 27.1 Å². The molecule has 39 heavy (non-hydrogen) atoms. The van der Waals surface area contributed by atoms with Gasteiger partial charge in [0.25, 0.3) is 0 Å². The second kappa shape index (κ2) is 11.4. The first-order valence-electron chi connectivity index (χ1n) is 12.0. The van der Waals surface area contributed by atoms with Gasteiger partial charge in [-0.2, -0.15) is 5.26 Å². The van der Waals surface area contributed by atoms with E-state index in [4.69, 9.17) is 54.7 Å². The number of hydrogen-bond acceptors (Lipinski definition) is 7. The van der Waals surface area contributed by atoms with Crippen LogP contribution in [0.25, 0.3) is 10.1 Å². The van der Waals surface area contributed by atoms with Crippen LogP contribution in [0.5, 0.6) is 17.2 Å². The first-order valence-corrected chi connectivity index (χ1v) is 14.0. The topological polar surface area (TPSA) is 94.6 Å². The minimum atomic E-state index is -0.656. The van der Waals surface area contributed by atoms with Crippen LogP contribution in [0.15, 0.2) is 66.1 Å². The molecule has 1 aromatic heterocycles. The second-order valence-corrected chi connectivity index (χ2v) is 11.0. The highest BCUT2D eigenvalue weighted by Gasteiger charge is 2.33. The van der Waals surface area contributed by atoms with E-state index in [1.54, 1.807) is 30.3 Å². The molecule has 3 aromatic carbocycles. The maximum atomic E-state index is 13.1. The lowest BCUT2D eigenvalue weighted by atomic mass is 9.83. The normalized spacial score (nSPS) is 14.5. The summed E-state index contributed by atoms with van der Waals surface area (Å²) in [5.41, 5.74) is 7.93. The first-order chi connectivity index (χ1) is 18.8. The Bertz CT molecular complexity index is 1680. The Labute approximate surface area is 244 Å². The summed E-state index contributed by atoms with van der Waals surface area (Å²) in [7, 11) is 0. The number of para-hydroxylation sites is 1. The molecule has 5 rings (SSSR count). The lowest BCUT2D eigenvalue weighted by Gasteiger charge is -2.28. The summed E-state index contributed by atoms with van der Waals surface area (Å²) >= 11 is 20.0. The maximum Gasteiger partial charge on any atom is 0.355 e. The Kier molecular flexibility index (Phi) is 7.92. The number of nitriles is 1. The van der Waals surface area contributed by atoms with Gasteiger partial charge in [-0.15, -0.1) is 11.3 Å². The van der Waals surface area contributed by atoms with Crippen molar-refractivity contribution in [2.24, 2.45) is 5.73 Å². The molecule has 0 fully saturated rings. The predicted octanol–water partition coefficient (Wildman–Crippen LogP) is 8.48. The number of carbonyl (C=O) groups excluding carboxylic acids is 1. The Morgan fingerprint density at radius 1 is 1.13 bits per heavy atom. The van der Waals surface area contributed by atoms with Crippen LogP contribution < -0.4 is 19.9 Å². The number of nitrogens with zero attached hydrogens (tertiary/aromatic N) is 1. The van der Waals surface area contributed by atoms with Crippen LogP contribution in [-0.2, 0) is 0 Å². The summed E-state index contributed by atoms with van der Waals surface area (Å²) in [6, 6.07) is 17.9. The molecule has 198 valence electrons. The number of unbranched alkanes of at least 4 members (excludes halogenated alkanes) is 1. The van der Waals surface area contributed by atoms with Gasteiger partial charge in [0.1, 0.15) is 33.8 Å². The zero-order valence-corrected chi connectivity index (χ0v) is 23.7. The van der Waals surface area contributed by atoms with Crippen LogP contribution in [0, 0.1) is 11.3 Å². The van der Waals surface area contributed by atoms with Crippen LogP contribution in [-0.4, -0.2) is 12.6 Å². The number of ether oxygens (including phenoxy) is 3. The van der Waals surface area contributed by atoms with E-state index < -0.39 is 11.9 Å². The van der Waals surface area contributed by atoms with E-state index in [2.05, 4.69) is 13.0 Å². The highest BCUT2D eigenvalue weighted by Crippen LogP contribution is 2.46. The Morgan fingerprint density at radius 3 is 2.69 bits per heavy atom. The average Bonchev–Trinajstić information content (AvgIpc) is 3.24. The molecule has 0 saturated carbocycles. The summed E-state index contributed by atoms with van der Waals surface area (Å²) in [6.45, 7) is 2.64. The van der Waals surface area contributed by atoms with Crippen LogP contribution in [0.1, 0.15) is 46.5 Å². The first kappa shape index (κ1) is 27.2. The van der Waals surface area contributed by atoms with Crippen molar-refractivity contribution in [1.29, 1.82) is 5.26 Å². The van der Waals surface area contributed by atoms with Crippen LogP contribution in [0.4, 0.5) is 0 Å². The van der Waals surface area contributed by atoms with Gasteiger partial charge in [-0.25, -0.2) is 4.79 Å². The highest BCUT2D eigenvalue weighted by atomic mass is 35.5. The molecule has 4 aromatic rings. The molecule has 6 nitrogen and oxygen atoms in total. The molecular formula is C29H21Cl3N2O4S. The molecule has 1 atom stereocenters. The molecule has 0 radical (unpaired) electrons. The number of fused-ring (bicyclic) bond motifs is 2. The van der Waals surface area contributed by atoms with Gasteiger partial charge in [-0.3, -0.25) is 0 Å². The summed E-state index contributed by atoms with van der Waals surface area (Å²) in [5, 5.41) is 11.5. The van der Waals surface area contributed by atoms with Crippen molar-refractivity contribution in [2.45, 2.75) is 25.7 Å². The molecular weight excluding hydrogens is 579 g/mol. The molecule has 1 unspecified atom stereocenters. The zero-order valence-electron chi connectivity index (χ0n) is 20.6. The number of benzene rings is 3. The molecule has 0 aliphatic carbocycles. The third kappa shape index (κ3) is 5.26. The molecule has 0 bridgehead atoms. The van der Waals surface area contributed by atoms with Crippen molar-refractivity contribution in [3.05, 3.63) is 97.1 Å². The fourth-order valence-corrected chi connectivity index (χ4v) is 6.64. The van der Waals surface area contributed by atoms with Gasteiger partial charge in [0.15, 0.2) is 0 Å². The summed E-state index contributed by atoms with van der Waals surface area (Å²) in [5.74, 6) is 0.0408. The van der Waals surface area contributed by atoms with Crippen LogP contribution >= 0.6 is 46.1 Å². The van der Waals surface area contributed by atoms with Crippen LogP contribution in [0.2, 0.25) is 15.1 Å². The lowest BCUT2D eigenvalue weighted by Crippen LogP contribution is -2.21. The monoisotopic (exact) mass is 598 g/mol. The molecule has 0 amide bonds. The van der Waals surface area contributed by atoms with Gasteiger partial charge in [-0.05, 0) is 30.7 Å². The summed E-state index contributed by atoms with van der Waals surface area (Å²) < 4.78 is 18.2. The van der Waals surface area contributed by atoms with Crippen molar-refractivity contribution in [3.8, 4) is 23.3 Å². The number of allylic oxidation sites excluding steroid dienone is 1. The van der Waals surface area contributed by atoms with Gasteiger partial charge in [0.05, 0.1) is 22.6 Å². The number of thiophene rings is 1. The van der Waals surface area contributed by atoms with Crippen molar-refractivity contribution >= 4 is 62.2 Å². The highest BCUT2D eigenvalue weighted by molar-refractivity contribution is 7.21. The fraction of sp³-hybridized carbons (Fsp3) is 0.172. The number of hydrogen-bond donors (Lipinski definition) is 1. The van der Waals surface area contributed by atoms with Crippen molar-refractivity contribution in [1.82, 2.24) is 0 Å². The second-order valence-electron chi connectivity index (χ2n) is 8.76. The molecule has 1 aliphatic rings. The zero-order chi connectivity index (χ0) is 27.7. The number of esters is 1. The predicted molar refractivity (Wildman–Crippen MR) is 154 cm³/mol. The van der Waals surface area contributed by atoms with E-state index in [9.17, 15) is 10.1 Å². The molecule has 1 aliphatic heterocycles. The Hall–Kier alpha value is -3.41. The molecule has 0 spiro atoms. The summed E-state index contributed by atoms with van der Waals surface area (Å²) in [6.07, 6.45) is 1.90. The fourth-order valence-electron chi connectivity index (χ4n) is 4.39. The minimum absolute atomic E-state index is 0.0269. The van der Waals surface area contributed by atoms with Gasteiger partial charge in [0, 0.05) is 32.3 Å². The number of halogens is 3. The molecule has 10 heteroatoms. The summed E-state index contributed by atoms with van der Waals surface area (Å²) in [4.78, 5) is 13.3. The Morgan fingerprint density at radius 2 is 1.92 bits per heavy atom. The lowest BCUT2D eigenvalue weighted by molar-refractivity contribution is 0.0740. The van der Waals surface area contributed by atoms with E-state index in [1.165, 1.54) is 0 Å². The van der Waals surface area contributed by atoms with Gasteiger partial charge >= 0.3 is 5.97 Å². The van der Waals surface area contributed by atoms with E-state index >= 15 is 0 Å². The van der Waals surface area contributed by atoms with Gasteiger partial charge < -0.3 is 19.9 Å². The maximum absolute atomic E-state index is 13.1. The van der Waals surface area contributed by atoms with Crippen molar-refractivity contribution < 1.29 is 19.0 Å². The standard InChI is InChI=1S/C29H21Cl3N2O4S/c1-2-3-10-36-21-7-5-4-6-17(21)24-18-9-8-16(13-22(18)38-28(34)19(24)14-33)37-29(35)27-26(32)25-20(31)11-15(30)12-23(25)39-27/h4-9,11-13,24H,2-3,10,34H2,1H3. The SMILES string of the molecule is CCCCOc1ccccc1C1C(C#N)=C(N)Oc2cc(OC(=O)c3sc4cc(Cl)cc(Cl)c4c3Cl)ccc21. The minimum Gasteiger partial charge on any atom is -0.493 e.